The summed E-state index contributed by atoms with van der Waals surface area (Å²) < 4.78 is 28.7. The SMILES string of the molecule is COC(CC(=O)N1CCC[C@H]1[C@H](OC)[C@@H](C)C(=O)C[C@H](C)[C@@H](O)c1ccccc1)[C@H](C1CCCCC1)N(C)C(=O)[C@H](CC(=O)C(C)(C)NC(=O)CCOCCOCCOCCN1C(=O)C=CC1=O)C(C)C. The Morgan fingerprint density at radius 2 is 1.39 bits per heavy atom. The Balaban J connectivity index is 1.30. The first-order valence-electron chi connectivity index (χ1n) is 25.8. The van der Waals surface area contributed by atoms with Gasteiger partial charge in [-0.2, -0.15) is 0 Å². The molecule has 1 saturated carbocycles. The van der Waals surface area contributed by atoms with Crippen LogP contribution in [0.4, 0.5) is 0 Å². The number of likely N-dealkylation sites (N-methyl/N-ethyl adjacent to an activating group) is 1. The van der Waals surface area contributed by atoms with E-state index in [9.17, 15) is 38.7 Å². The molecule has 71 heavy (non-hydrogen) atoms. The predicted molar refractivity (Wildman–Crippen MR) is 267 cm³/mol. The van der Waals surface area contributed by atoms with Crippen molar-refractivity contribution in [3.63, 3.8) is 0 Å². The van der Waals surface area contributed by atoms with Crippen molar-refractivity contribution in [2.24, 2.45) is 29.6 Å². The van der Waals surface area contributed by atoms with Crippen molar-refractivity contribution in [3.05, 3.63) is 48.0 Å². The van der Waals surface area contributed by atoms with E-state index in [1.807, 2.05) is 62.9 Å². The number of carbonyl (C=O) groups excluding carboxylic acids is 7. The number of methoxy groups -OCH3 is 2. The first-order valence-corrected chi connectivity index (χ1v) is 25.8. The van der Waals surface area contributed by atoms with Gasteiger partial charge < -0.3 is 43.9 Å². The minimum absolute atomic E-state index is 0.0129. The van der Waals surface area contributed by atoms with Gasteiger partial charge in [-0.15, -0.1) is 0 Å². The third-order valence-electron chi connectivity index (χ3n) is 14.7. The zero-order chi connectivity index (χ0) is 52.3. The van der Waals surface area contributed by atoms with Crippen molar-refractivity contribution in [2.75, 3.05) is 74.0 Å². The fourth-order valence-corrected chi connectivity index (χ4v) is 10.4. The van der Waals surface area contributed by atoms with Gasteiger partial charge in [0, 0.05) is 71.1 Å². The topological polar surface area (TPSA) is 208 Å². The van der Waals surface area contributed by atoms with E-state index < -0.39 is 41.7 Å². The standard InChI is InChI=1S/C54H84N4O13/c1-36(2)41(34-45(60)54(5,6)55-46(61)24-27-69-29-31-71-32-30-70-28-26-58-47(62)22-23-48(58)63)53(66)56(7)50(39-17-12-10-13-18-39)44(67-8)35-49(64)57-25-16-21-42(57)52(68-9)38(4)43(59)33-37(3)51(65)40-19-14-11-15-20-40/h11,14-15,19-20,22-23,36-39,41-42,44,50-52,65H,10,12-13,16-18,21,24-35H2,1-9H3,(H,55,61)/t37-,38-,41+,42-,44?,50-,51+,52+/m0/s1. The molecule has 17 heteroatoms. The van der Waals surface area contributed by atoms with Gasteiger partial charge in [0.2, 0.25) is 17.7 Å². The van der Waals surface area contributed by atoms with Crippen LogP contribution in [0.15, 0.2) is 42.5 Å². The highest BCUT2D eigenvalue weighted by Crippen LogP contribution is 2.36. The number of amides is 5. The summed E-state index contributed by atoms with van der Waals surface area (Å²) in [4.78, 5) is 97.8. The molecule has 8 atom stereocenters. The van der Waals surface area contributed by atoms with E-state index in [0.29, 0.717) is 13.0 Å². The maximum Gasteiger partial charge on any atom is 0.253 e. The van der Waals surface area contributed by atoms with Crippen LogP contribution >= 0.6 is 0 Å². The summed E-state index contributed by atoms with van der Waals surface area (Å²) in [5.74, 6) is -3.44. The molecule has 0 spiro atoms. The fraction of sp³-hybridized carbons (Fsp3) is 0.722. The van der Waals surface area contributed by atoms with E-state index in [-0.39, 0.29) is 137 Å². The molecule has 1 aromatic carbocycles. The number of rotatable bonds is 32. The number of benzene rings is 1. The van der Waals surface area contributed by atoms with Crippen LogP contribution in [0.2, 0.25) is 0 Å². The molecule has 0 aromatic heterocycles. The van der Waals surface area contributed by atoms with Gasteiger partial charge in [-0.25, -0.2) is 0 Å². The number of nitrogens with zero attached hydrogens (tertiary/aromatic N) is 3. The average molecular weight is 997 g/mol. The second kappa shape index (κ2) is 29.3. The van der Waals surface area contributed by atoms with Gasteiger partial charge in [0.15, 0.2) is 5.78 Å². The van der Waals surface area contributed by atoms with Gasteiger partial charge in [-0.05, 0) is 62.8 Å². The number of ketones is 2. The number of aliphatic hydroxyl groups is 1. The third kappa shape index (κ3) is 17.4. The van der Waals surface area contributed by atoms with Crippen LogP contribution in [-0.4, -0.2) is 165 Å². The van der Waals surface area contributed by atoms with E-state index >= 15 is 0 Å². The monoisotopic (exact) mass is 997 g/mol. The molecule has 4 rings (SSSR count). The van der Waals surface area contributed by atoms with Crippen molar-refractivity contribution >= 4 is 41.1 Å². The number of Topliss-reactive ketones (excluding diaryl/α,β-unsaturated/α-hetero) is 2. The van der Waals surface area contributed by atoms with Crippen LogP contribution in [-0.2, 0) is 57.2 Å². The van der Waals surface area contributed by atoms with Crippen LogP contribution in [0.5, 0.6) is 0 Å². The van der Waals surface area contributed by atoms with Crippen LogP contribution in [0, 0.1) is 29.6 Å². The highest BCUT2D eigenvalue weighted by Gasteiger charge is 2.44. The average Bonchev–Trinajstić information content (AvgIpc) is 3.97. The van der Waals surface area contributed by atoms with Gasteiger partial charge >= 0.3 is 0 Å². The molecule has 1 unspecified atom stereocenters. The number of aliphatic hydroxyl groups excluding tert-OH is 1. The molecular weight excluding hydrogens is 913 g/mol. The van der Waals surface area contributed by atoms with E-state index in [1.54, 1.807) is 40.0 Å². The van der Waals surface area contributed by atoms with Gasteiger partial charge in [0.1, 0.15) is 5.78 Å². The minimum atomic E-state index is -1.27. The Bertz CT molecular complexity index is 1900. The Morgan fingerprint density at radius 3 is 1.99 bits per heavy atom. The highest BCUT2D eigenvalue weighted by atomic mass is 16.5. The normalized spacial score (nSPS) is 19.6. The first-order chi connectivity index (χ1) is 33.8. The molecule has 1 saturated heterocycles. The summed E-state index contributed by atoms with van der Waals surface area (Å²) in [6, 6.07) is 8.52. The number of hydrogen-bond acceptors (Lipinski definition) is 13. The van der Waals surface area contributed by atoms with E-state index in [2.05, 4.69) is 5.32 Å². The summed E-state index contributed by atoms with van der Waals surface area (Å²) in [6.45, 7) is 12.8. The Kier molecular flexibility index (Phi) is 24.5. The van der Waals surface area contributed by atoms with Crippen molar-refractivity contribution in [3.8, 4) is 0 Å². The number of ether oxygens (including phenoxy) is 5. The lowest BCUT2D eigenvalue weighted by Crippen LogP contribution is -2.55. The molecule has 3 aliphatic rings. The lowest BCUT2D eigenvalue weighted by atomic mass is 9.79. The Hall–Kier alpha value is -4.39. The molecule has 398 valence electrons. The molecule has 17 nitrogen and oxygen atoms in total. The zero-order valence-electron chi connectivity index (χ0n) is 43.9. The summed E-state index contributed by atoms with van der Waals surface area (Å²) in [6.07, 6.45) is 6.80. The molecule has 2 N–H and O–H groups in total. The lowest BCUT2D eigenvalue weighted by Gasteiger charge is -2.43. The second-order valence-corrected chi connectivity index (χ2v) is 20.5. The molecule has 0 bridgehead atoms. The molecule has 5 amide bonds. The summed E-state index contributed by atoms with van der Waals surface area (Å²) in [7, 11) is 4.91. The summed E-state index contributed by atoms with van der Waals surface area (Å²) in [5, 5.41) is 13.8. The van der Waals surface area contributed by atoms with Crippen molar-refractivity contribution in [2.45, 2.75) is 148 Å². The number of imide groups is 1. The first kappa shape index (κ1) is 59.2. The molecule has 1 aromatic rings. The van der Waals surface area contributed by atoms with Crippen LogP contribution in [0.1, 0.15) is 124 Å². The van der Waals surface area contributed by atoms with E-state index in [4.69, 9.17) is 23.7 Å². The number of carbonyl (C=O) groups is 7. The highest BCUT2D eigenvalue weighted by molar-refractivity contribution is 6.12. The van der Waals surface area contributed by atoms with Crippen LogP contribution in [0.25, 0.3) is 0 Å². The van der Waals surface area contributed by atoms with Gasteiger partial charge in [0.25, 0.3) is 11.8 Å². The summed E-state index contributed by atoms with van der Waals surface area (Å²) >= 11 is 0. The van der Waals surface area contributed by atoms with Gasteiger partial charge in [-0.1, -0.05) is 77.3 Å². The zero-order valence-corrected chi connectivity index (χ0v) is 43.9. The van der Waals surface area contributed by atoms with Crippen LogP contribution < -0.4 is 5.32 Å². The molecule has 2 aliphatic heterocycles. The van der Waals surface area contributed by atoms with Crippen LogP contribution in [0.3, 0.4) is 0 Å². The number of nitrogens with one attached hydrogen (secondary N) is 1. The van der Waals surface area contributed by atoms with Gasteiger partial charge in [0.05, 0.1) is 88.5 Å². The number of hydrogen-bond donors (Lipinski definition) is 2. The Morgan fingerprint density at radius 1 is 0.789 bits per heavy atom. The quantitative estimate of drug-likeness (QED) is 0.0699. The number of likely N-dealkylation sites (tertiary alicyclic amines) is 1. The van der Waals surface area contributed by atoms with E-state index in [0.717, 1.165) is 49.0 Å². The molecule has 0 radical (unpaired) electrons. The minimum Gasteiger partial charge on any atom is -0.388 e. The fourth-order valence-electron chi connectivity index (χ4n) is 10.4. The third-order valence-corrected chi connectivity index (χ3v) is 14.7. The second-order valence-electron chi connectivity index (χ2n) is 20.5. The van der Waals surface area contributed by atoms with Crippen molar-refractivity contribution in [1.29, 1.82) is 0 Å². The molecular formula is C54H84N4O13. The molecule has 2 fully saturated rings. The lowest BCUT2D eigenvalue weighted by molar-refractivity contribution is -0.150. The smallest absolute Gasteiger partial charge is 0.253 e. The van der Waals surface area contributed by atoms with Gasteiger partial charge in [-0.3, -0.25) is 38.5 Å². The van der Waals surface area contributed by atoms with Crippen molar-refractivity contribution in [1.82, 2.24) is 20.0 Å². The molecule has 2 heterocycles. The van der Waals surface area contributed by atoms with E-state index in [1.165, 1.54) is 12.2 Å². The maximum absolute atomic E-state index is 14.7. The largest absolute Gasteiger partial charge is 0.388 e. The maximum atomic E-state index is 14.7. The summed E-state index contributed by atoms with van der Waals surface area (Å²) in [5.41, 5.74) is -0.510. The van der Waals surface area contributed by atoms with Crippen molar-refractivity contribution < 1.29 is 62.4 Å². The molecule has 1 aliphatic carbocycles. The Labute approximate surface area is 422 Å². The predicted octanol–water partition coefficient (Wildman–Crippen LogP) is 5.26.